The van der Waals surface area contributed by atoms with Crippen LogP contribution in [0.2, 0.25) is 0 Å². The fourth-order valence-corrected chi connectivity index (χ4v) is 3.29. The molecule has 10 heteroatoms. The second kappa shape index (κ2) is 5.68. The van der Waals surface area contributed by atoms with E-state index < -0.39 is 42.1 Å². The molecule has 2 rings (SSSR count). The summed E-state index contributed by atoms with van der Waals surface area (Å²) in [6.07, 6.45) is -13.1. The summed E-state index contributed by atoms with van der Waals surface area (Å²) in [5.41, 5.74) is -0.847. The number of aliphatic hydroxyl groups excluding tert-OH is 3. The second-order valence-corrected chi connectivity index (χ2v) is 5.59. The average Bonchev–Trinajstić information content (AvgIpc) is 2.75. The van der Waals surface area contributed by atoms with Gasteiger partial charge in [-0.3, -0.25) is 4.99 Å². The minimum absolute atomic E-state index is 0.427. The van der Waals surface area contributed by atoms with Gasteiger partial charge in [0.1, 0.15) is 23.7 Å². The number of rotatable bonds is 2. The third-order valence-corrected chi connectivity index (χ3v) is 4.21. The molecule has 5 unspecified atom stereocenters. The maximum absolute atomic E-state index is 12.5. The molecule has 2 aliphatic heterocycles. The lowest BCUT2D eigenvalue weighted by Crippen LogP contribution is -2.63. The standard InChI is InChI=1S/C10H15F3N2O4S/c1-2-14-9-15-3-4(16)5(17)6(19-8(3)20-9)7(18)10(11,12)13/h3-8,16-18H,2H2,1H3,(H,14,15)/t3?,4?,5?,6?,7-,8?/m1/s1. The van der Waals surface area contributed by atoms with Gasteiger partial charge in [0.2, 0.25) is 0 Å². The Labute approximate surface area is 117 Å². The molecule has 4 N–H and O–H groups in total. The number of hydrogen-bond donors (Lipinski definition) is 4. The Kier molecular flexibility index (Phi) is 4.50. The molecule has 20 heavy (non-hydrogen) atoms. The van der Waals surface area contributed by atoms with Gasteiger partial charge >= 0.3 is 6.18 Å². The zero-order valence-electron chi connectivity index (χ0n) is 10.4. The molecule has 6 atom stereocenters. The first-order chi connectivity index (χ1) is 9.25. The highest BCUT2D eigenvalue weighted by Crippen LogP contribution is 2.37. The largest absolute Gasteiger partial charge is 0.417 e. The Balaban J connectivity index is 2.15. The van der Waals surface area contributed by atoms with E-state index in [1.54, 1.807) is 6.92 Å². The van der Waals surface area contributed by atoms with Crippen LogP contribution in [0.3, 0.4) is 0 Å². The summed E-state index contributed by atoms with van der Waals surface area (Å²) in [5.74, 6) is 0. The quantitative estimate of drug-likeness (QED) is 0.545. The van der Waals surface area contributed by atoms with Crippen LogP contribution in [0, 0.1) is 0 Å². The van der Waals surface area contributed by atoms with Crippen LogP contribution in [0.25, 0.3) is 0 Å². The number of halogens is 3. The van der Waals surface area contributed by atoms with E-state index in [1.165, 1.54) is 0 Å². The Morgan fingerprint density at radius 3 is 2.60 bits per heavy atom. The highest BCUT2D eigenvalue weighted by molar-refractivity contribution is 8.14. The van der Waals surface area contributed by atoms with Crippen molar-refractivity contribution in [3.05, 3.63) is 0 Å². The molecule has 6 nitrogen and oxygen atoms in total. The highest BCUT2D eigenvalue weighted by atomic mass is 32.2. The summed E-state index contributed by atoms with van der Waals surface area (Å²) >= 11 is 1.02. The Hall–Kier alpha value is -0.550. The predicted molar refractivity (Wildman–Crippen MR) is 65.2 cm³/mol. The molecule has 0 aromatic heterocycles. The summed E-state index contributed by atoms with van der Waals surface area (Å²) in [6, 6.07) is -0.767. The number of aliphatic imine (C=N–C) groups is 1. The average molecular weight is 316 g/mol. The lowest BCUT2D eigenvalue weighted by molar-refractivity contribution is -0.272. The number of alkyl halides is 3. The number of aliphatic hydroxyl groups is 3. The summed E-state index contributed by atoms with van der Waals surface area (Å²) in [5, 5.41) is 32.0. The van der Waals surface area contributed by atoms with Gasteiger partial charge < -0.3 is 25.4 Å². The highest BCUT2D eigenvalue weighted by Gasteiger charge is 2.56. The monoisotopic (exact) mass is 316 g/mol. The number of amidine groups is 1. The van der Waals surface area contributed by atoms with Gasteiger partial charge in [-0.15, -0.1) is 0 Å². The summed E-state index contributed by atoms with van der Waals surface area (Å²) in [7, 11) is 0. The minimum Gasteiger partial charge on any atom is -0.388 e. The summed E-state index contributed by atoms with van der Waals surface area (Å²) < 4.78 is 42.6. The van der Waals surface area contributed by atoms with Gasteiger partial charge in [-0.2, -0.15) is 13.2 Å². The van der Waals surface area contributed by atoms with Crippen molar-refractivity contribution in [1.29, 1.82) is 0 Å². The molecule has 0 bridgehead atoms. The fraction of sp³-hybridized carbons (Fsp3) is 0.900. The van der Waals surface area contributed by atoms with Crippen molar-refractivity contribution >= 4 is 16.9 Å². The first-order valence-electron chi connectivity index (χ1n) is 5.99. The molecule has 2 fully saturated rings. The van der Waals surface area contributed by atoms with Crippen molar-refractivity contribution in [1.82, 2.24) is 5.32 Å². The molecule has 0 saturated carbocycles. The zero-order valence-corrected chi connectivity index (χ0v) is 11.2. The van der Waals surface area contributed by atoms with Gasteiger partial charge in [-0.05, 0) is 6.92 Å². The van der Waals surface area contributed by atoms with E-state index >= 15 is 0 Å². The van der Waals surface area contributed by atoms with Crippen molar-refractivity contribution in [2.75, 3.05) is 6.54 Å². The van der Waals surface area contributed by atoms with Crippen LogP contribution >= 0.6 is 11.8 Å². The second-order valence-electron chi connectivity index (χ2n) is 4.50. The minimum atomic E-state index is -4.94. The van der Waals surface area contributed by atoms with Gasteiger partial charge in [0.15, 0.2) is 11.3 Å². The molecule has 116 valence electrons. The zero-order chi connectivity index (χ0) is 15.1. The van der Waals surface area contributed by atoms with Crippen LogP contribution in [0.15, 0.2) is 4.99 Å². The number of fused-ring (bicyclic) bond motifs is 1. The van der Waals surface area contributed by atoms with Crippen LogP contribution in [0.1, 0.15) is 6.92 Å². The number of nitrogens with zero attached hydrogens (tertiary/aromatic N) is 1. The molecule has 0 aromatic rings. The van der Waals surface area contributed by atoms with Gasteiger partial charge in [-0.1, -0.05) is 11.8 Å². The van der Waals surface area contributed by atoms with Crippen LogP contribution in [-0.2, 0) is 4.74 Å². The van der Waals surface area contributed by atoms with E-state index in [9.17, 15) is 28.5 Å². The first-order valence-corrected chi connectivity index (χ1v) is 6.87. The third-order valence-electron chi connectivity index (χ3n) is 3.11. The van der Waals surface area contributed by atoms with E-state index in [2.05, 4.69) is 10.3 Å². The van der Waals surface area contributed by atoms with Gasteiger partial charge in [0.05, 0.1) is 6.04 Å². The smallest absolute Gasteiger partial charge is 0.388 e. The van der Waals surface area contributed by atoms with E-state index in [4.69, 9.17) is 4.74 Å². The number of thioether (sulfide) groups is 1. The number of nitrogens with one attached hydrogen (secondary N) is 1. The summed E-state index contributed by atoms with van der Waals surface area (Å²) in [4.78, 5) is 4.04. The van der Waals surface area contributed by atoms with E-state index in [0.29, 0.717) is 11.7 Å². The normalized spacial score (nSPS) is 41.4. The number of ether oxygens (including phenoxy) is 1. The first kappa shape index (κ1) is 15.8. The molecule has 2 saturated heterocycles. The van der Waals surface area contributed by atoms with Crippen LogP contribution in [0.5, 0.6) is 0 Å². The van der Waals surface area contributed by atoms with Crippen LogP contribution < -0.4 is 5.32 Å². The molecule has 0 spiro atoms. The fourth-order valence-electron chi connectivity index (χ4n) is 2.10. The third kappa shape index (κ3) is 2.89. The Morgan fingerprint density at radius 2 is 2.05 bits per heavy atom. The molecule has 2 heterocycles. The topological polar surface area (TPSA) is 94.3 Å². The van der Waals surface area contributed by atoms with Crippen molar-refractivity contribution in [2.24, 2.45) is 4.99 Å². The molecular formula is C10H15F3N2O4S. The van der Waals surface area contributed by atoms with E-state index in [0.717, 1.165) is 11.8 Å². The van der Waals surface area contributed by atoms with E-state index in [1.807, 2.05) is 0 Å². The Bertz CT molecular complexity index is 395. The van der Waals surface area contributed by atoms with Crippen molar-refractivity contribution < 1.29 is 33.2 Å². The SMILES string of the molecule is CCN=C1NC2C(OC([C@@H](O)C(F)(F)F)C(O)C2O)S1. The maximum Gasteiger partial charge on any atom is 0.417 e. The van der Waals surface area contributed by atoms with Crippen LogP contribution in [0.4, 0.5) is 13.2 Å². The van der Waals surface area contributed by atoms with Gasteiger partial charge in [0, 0.05) is 6.54 Å². The molecule has 2 aliphatic rings. The molecule has 0 radical (unpaired) electrons. The number of hydrogen-bond acceptors (Lipinski definition) is 6. The Morgan fingerprint density at radius 1 is 1.40 bits per heavy atom. The molecular weight excluding hydrogens is 301 g/mol. The van der Waals surface area contributed by atoms with Gasteiger partial charge in [0.25, 0.3) is 0 Å². The summed E-state index contributed by atoms with van der Waals surface area (Å²) in [6.45, 7) is 2.24. The van der Waals surface area contributed by atoms with Crippen molar-refractivity contribution in [2.45, 2.75) is 49.0 Å². The maximum atomic E-state index is 12.5. The van der Waals surface area contributed by atoms with Crippen LogP contribution in [-0.4, -0.2) is 69.1 Å². The lowest BCUT2D eigenvalue weighted by atomic mass is 9.94. The van der Waals surface area contributed by atoms with E-state index in [-0.39, 0.29) is 0 Å². The lowest BCUT2D eigenvalue weighted by Gasteiger charge is -2.40. The molecule has 0 amide bonds. The predicted octanol–water partition coefficient (Wildman–Crippen LogP) is -0.563. The molecule has 0 aliphatic carbocycles. The van der Waals surface area contributed by atoms with Crippen molar-refractivity contribution in [3.63, 3.8) is 0 Å². The van der Waals surface area contributed by atoms with Crippen molar-refractivity contribution in [3.8, 4) is 0 Å². The molecule has 0 aromatic carbocycles. The van der Waals surface area contributed by atoms with Gasteiger partial charge in [-0.25, -0.2) is 0 Å².